The van der Waals surface area contributed by atoms with E-state index in [4.69, 9.17) is 14.0 Å². The molecule has 2 N–H and O–H groups in total. The first kappa shape index (κ1) is 15.4. The zero-order valence-electron chi connectivity index (χ0n) is 12.4. The van der Waals surface area contributed by atoms with E-state index in [1.807, 2.05) is 31.2 Å². The molecule has 1 aromatic carbocycles. The van der Waals surface area contributed by atoms with Crippen LogP contribution in [0, 0.1) is 6.92 Å². The van der Waals surface area contributed by atoms with Crippen LogP contribution in [0.4, 0.5) is 0 Å². The van der Waals surface area contributed by atoms with Crippen LogP contribution in [-0.4, -0.2) is 32.3 Å². The number of methoxy groups -OCH3 is 2. The van der Waals surface area contributed by atoms with Gasteiger partial charge in [0.25, 0.3) is 0 Å². The molecule has 1 aromatic heterocycles. The average Bonchev–Trinajstić information content (AvgIpc) is 2.86. The highest BCUT2D eigenvalue weighted by Crippen LogP contribution is 2.02. The minimum atomic E-state index is -0.408. The Hall–Kier alpha value is -1.96. The third-order valence-electron chi connectivity index (χ3n) is 3.16. The van der Waals surface area contributed by atoms with Gasteiger partial charge in [0.05, 0.1) is 6.54 Å². The lowest BCUT2D eigenvalue weighted by molar-refractivity contribution is -0.677. The summed E-state index contributed by atoms with van der Waals surface area (Å²) in [6.07, 6.45) is -0.358. The number of nitrogens with one attached hydrogen (secondary N) is 2. The van der Waals surface area contributed by atoms with Gasteiger partial charge >= 0.3 is 11.3 Å². The molecule has 0 saturated heterocycles. The summed E-state index contributed by atoms with van der Waals surface area (Å²) >= 11 is 0. The summed E-state index contributed by atoms with van der Waals surface area (Å²) in [6.45, 7) is 2.80. The van der Waals surface area contributed by atoms with Crippen LogP contribution in [0.5, 0.6) is 0 Å². The highest BCUT2D eigenvalue weighted by Gasteiger charge is 2.22. The molecule has 0 saturated carbocycles. The second-order valence-corrected chi connectivity index (χ2v) is 4.63. The number of aromatic amines is 1. The largest absolute Gasteiger partial charge is 0.431 e. The van der Waals surface area contributed by atoms with Gasteiger partial charge in [0.2, 0.25) is 5.69 Å². The van der Waals surface area contributed by atoms with Crippen molar-refractivity contribution in [3.05, 3.63) is 45.9 Å². The Morgan fingerprint density at radius 3 is 2.57 bits per heavy atom. The predicted molar refractivity (Wildman–Crippen MR) is 75.1 cm³/mol. The summed E-state index contributed by atoms with van der Waals surface area (Å²) in [5, 5.41) is 5.70. The molecule has 7 heteroatoms. The summed E-state index contributed by atoms with van der Waals surface area (Å²) in [4.78, 5) is 11.8. The first-order valence-electron chi connectivity index (χ1n) is 6.61. The van der Waals surface area contributed by atoms with Crippen molar-refractivity contribution >= 4 is 0 Å². The van der Waals surface area contributed by atoms with E-state index < -0.39 is 5.63 Å². The van der Waals surface area contributed by atoms with Crippen LogP contribution >= 0.6 is 0 Å². The maximum atomic E-state index is 11.8. The van der Waals surface area contributed by atoms with Crippen molar-refractivity contribution < 1.29 is 18.7 Å². The van der Waals surface area contributed by atoms with E-state index >= 15 is 0 Å². The minimum absolute atomic E-state index is 0.336. The molecule has 0 aliphatic carbocycles. The van der Waals surface area contributed by atoms with Gasteiger partial charge in [-0.1, -0.05) is 17.7 Å². The lowest BCUT2D eigenvalue weighted by atomic mass is 10.2. The van der Waals surface area contributed by atoms with Gasteiger partial charge in [0.15, 0.2) is 6.29 Å². The monoisotopic (exact) mass is 294 g/mol. The summed E-state index contributed by atoms with van der Waals surface area (Å²) in [6, 6.07) is 7.77. The number of aryl methyl sites for hydroxylation is 1. The number of ether oxygens (including phenoxy) is 2. The van der Waals surface area contributed by atoms with Crippen molar-refractivity contribution in [1.29, 1.82) is 0 Å². The molecule has 7 nitrogen and oxygen atoms in total. The molecular formula is C14H20N3O4+. The van der Waals surface area contributed by atoms with Gasteiger partial charge in [-0.15, -0.1) is 0 Å². The van der Waals surface area contributed by atoms with E-state index in [9.17, 15) is 4.79 Å². The van der Waals surface area contributed by atoms with Gasteiger partial charge in [-0.25, -0.2) is 4.79 Å². The summed E-state index contributed by atoms with van der Waals surface area (Å²) in [5.74, 6) is 0. The molecule has 114 valence electrons. The molecule has 0 aliphatic heterocycles. The number of rotatable bonds is 7. The van der Waals surface area contributed by atoms with Crippen LogP contribution in [-0.2, 0) is 16.0 Å². The van der Waals surface area contributed by atoms with Gasteiger partial charge in [0.1, 0.15) is 0 Å². The molecule has 0 spiro atoms. The third kappa shape index (κ3) is 3.78. The maximum absolute atomic E-state index is 11.8. The smallest absolute Gasteiger partial charge is 0.355 e. The summed E-state index contributed by atoms with van der Waals surface area (Å²) in [7, 11) is 3.12. The Labute approximate surface area is 122 Å². The standard InChI is InChI=1S/C14H19N3O4/c1-10-4-6-11(7-5-10)17-12(14(18)21-16-17)8-15-9-13(19-2)20-3/h4-7,13,15H,8-9H2,1-3H3/p+1. The van der Waals surface area contributed by atoms with Crippen molar-refractivity contribution in [2.45, 2.75) is 19.8 Å². The molecule has 0 aliphatic rings. The Bertz CT molecular complexity index is 614. The normalized spacial score (nSPS) is 11.2. The molecule has 21 heavy (non-hydrogen) atoms. The molecule has 0 fully saturated rings. The van der Waals surface area contributed by atoms with Gasteiger partial charge in [-0.2, -0.15) is 0 Å². The molecule has 0 unspecified atom stereocenters. The fourth-order valence-corrected chi connectivity index (χ4v) is 1.92. The Balaban J connectivity index is 2.11. The Kier molecular flexibility index (Phi) is 5.26. The van der Waals surface area contributed by atoms with Crippen molar-refractivity contribution in [2.75, 3.05) is 20.8 Å². The van der Waals surface area contributed by atoms with E-state index in [0.717, 1.165) is 11.3 Å². The zero-order valence-corrected chi connectivity index (χ0v) is 12.4. The quantitative estimate of drug-likeness (QED) is 0.565. The number of hydrogen-bond donors (Lipinski definition) is 2. The van der Waals surface area contributed by atoms with Gasteiger partial charge < -0.3 is 14.8 Å². The third-order valence-corrected chi connectivity index (χ3v) is 3.16. The molecule has 2 rings (SSSR count). The summed E-state index contributed by atoms with van der Waals surface area (Å²) < 4.78 is 16.6. The molecule has 0 amide bonds. The number of H-pyrrole nitrogens is 1. The SMILES string of the molecule is COC(CNCc1c(=O)o[nH][n+]1-c1ccc(C)cc1)OC. The topological polar surface area (TPSA) is 80.4 Å². The average molecular weight is 294 g/mol. The van der Waals surface area contributed by atoms with Gasteiger partial charge in [0, 0.05) is 32.9 Å². The lowest BCUT2D eigenvalue weighted by Crippen LogP contribution is -2.42. The Morgan fingerprint density at radius 1 is 1.29 bits per heavy atom. The molecule has 1 heterocycles. The van der Waals surface area contributed by atoms with E-state index in [0.29, 0.717) is 18.8 Å². The van der Waals surface area contributed by atoms with E-state index in [-0.39, 0.29) is 6.29 Å². The van der Waals surface area contributed by atoms with Gasteiger partial charge in [-0.05, 0) is 16.9 Å². The second kappa shape index (κ2) is 7.16. The van der Waals surface area contributed by atoms with Gasteiger partial charge in [-0.3, -0.25) is 4.52 Å². The number of nitrogens with zero attached hydrogens (tertiary/aromatic N) is 1. The minimum Gasteiger partial charge on any atom is -0.355 e. The van der Waals surface area contributed by atoms with E-state index in [1.165, 1.54) is 0 Å². The molecule has 0 radical (unpaired) electrons. The van der Waals surface area contributed by atoms with Crippen molar-refractivity contribution in [3.8, 4) is 5.69 Å². The predicted octanol–water partition coefficient (Wildman–Crippen LogP) is 0.262. The fourth-order valence-electron chi connectivity index (χ4n) is 1.92. The Morgan fingerprint density at radius 2 is 1.95 bits per heavy atom. The number of hydrogen-bond acceptors (Lipinski definition) is 5. The van der Waals surface area contributed by atoms with E-state index in [2.05, 4.69) is 10.6 Å². The number of aromatic nitrogens is 2. The lowest BCUT2D eigenvalue weighted by Gasteiger charge is -2.12. The molecular weight excluding hydrogens is 274 g/mol. The van der Waals surface area contributed by atoms with Crippen LogP contribution in [0.25, 0.3) is 5.69 Å². The van der Waals surface area contributed by atoms with Crippen LogP contribution in [0.3, 0.4) is 0 Å². The summed E-state index contributed by atoms with van der Waals surface area (Å²) in [5.41, 5.74) is 2.05. The van der Waals surface area contributed by atoms with Crippen molar-refractivity contribution in [2.24, 2.45) is 0 Å². The number of benzene rings is 1. The molecule has 2 aromatic rings. The van der Waals surface area contributed by atoms with E-state index in [1.54, 1.807) is 18.9 Å². The van der Waals surface area contributed by atoms with Crippen LogP contribution in [0.15, 0.2) is 33.6 Å². The molecule has 0 atom stereocenters. The molecule has 0 bridgehead atoms. The first-order chi connectivity index (χ1) is 10.2. The van der Waals surface area contributed by atoms with Crippen LogP contribution < -0.4 is 15.6 Å². The first-order valence-corrected chi connectivity index (χ1v) is 6.61. The highest BCUT2D eigenvalue weighted by atomic mass is 16.7. The maximum Gasteiger partial charge on any atom is 0.431 e. The second-order valence-electron chi connectivity index (χ2n) is 4.63. The van der Waals surface area contributed by atoms with Crippen molar-refractivity contribution in [3.63, 3.8) is 0 Å². The van der Waals surface area contributed by atoms with Crippen LogP contribution in [0.2, 0.25) is 0 Å². The van der Waals surface area contributed by atoms with Crippen LogP contribution in [0.1, 0.15) is 11.3 Å². The zero-order chi connectivity index (χ0) is 15.2. The van der Waals surface area contributed by atoms with Crippen molar-refractivity contribution in [1.82, 2.24) is 10.6 Å². The fraction of sp³-hybridized carbons (Fsp3) is 0.429. The highest BCUT2D eigenvalue weighted by molar-refractivity contribution is 5.26.